The number of pyridine rings is 1. The minimum atomic E-state index is -0.598. The van der Waals surface area contributed by atoms with E-state index in [-0.39, 0.29) is 49.6 Å². The summed E-state index contributed by atoms with van der Waals surface area (Å²) in [5.41, 5.74) is 2.26. The number of fused-ring (bicyclic) bond motifs is 8. The lowest BCUT2D eigenvalue weighted by Crippen LogP contribution is -2.58. The Morgan fingerprint density at radius 2 is 1.93 bits per heavy atom. The summed E-state index contributed by atoms with van der Waals surface area (Å²) in [5.74, 6) is 0.214. The van der Waals surface area contributed by atoms with Crippen LogP contribution in [0.2, 0.25) is 0 Å². The first kappa shape index (κ1) is 29.8. The second kappa shape index (κ2) is 13.2. The zero-order chi connectivity index (χ0) is 31.3. The summed E-state index contributed by atoms with van der Waals surface area (Å²) < 4.78 is 28.5. The normalized spacial score (nSPS) is 18.6. The quantitative estimate of drug-likeness (QED) is 0.364. The molecule has 6 bridgehead atoms. The summed E-state index contributed by atoms with van der Waals surface area (Å²) in [6.45, 7) is 2.83. The van der Waals surface area contributed by atoms with Crippen molar-refractivity contribution >= 4 is 17.7 Å². The number of aromatic nitrogens is 3. The summed E-state index contributed by atoms with van der Waals surface area (Å²) in [7, 11) is 0. The molecule has 0 unspecified atom stereocenters. The molecular weight excluding hydrogens is 579 g/mol. The predicted molar refractivity (Wildman–Crippen MR) is 162 cm³/mol. The standard InChI is InChI=1S/C33H33FN6O5/c1-21-36-7-10-39(21)9-6-32(42)40-8-5-30-29(19-40)38-33(43)25-13-24(17-35-18-25)23-3-2-4-27(14-23)44-20-31(41)37-16-22-11-26(34)15-28(12-22)45-30/h2-4,7,10-15,17-18,29-30H,5-6,8-9,16,19-20H2,1H3,(H,37,41)(H,38,43)/t29-,30+/m1/s1. The summed E-state index contributed by atoms with van der Waals surface area (Å²) >= 11 is 0. The predicted octanol–water partition coefficient (Wildman–Crippen LogP) is 3.27. The number of benzene rings is 2. The molecule has 4 heterocycles. The number of carbonyl (C=O) groups excluding carboxylic acids is 3. The molecule has 0 radical (unpaired) electrons. The molecular formula is C33H33FN6O5. The van der Waals surface area contributed by atoms with Gasteiger partial charge in [0.25, 0.3) is 11.8 Å². The van der Waals surface area contributed by atoms with Gasteiger partial charge in [0.2, 0.25) is 5.91 Å². The Hall–Kier alpha value is -5.26. The molecule has 4 aromatic rings. The maximum Gasteiger partial charge on any atom is 0.258 e. The van der Waals surface area contributed by atoms with Crippen molar-refractivity contribution < 1.29 is 28.2 Å². The number of ether oxygens (including phenoxy) is 2. The monoisotopic (exact) mass is 612 g/mol. The molecule has 6 rings (SSSR count). The molecule has 1 fully saturated rings. The highest BCUT2D eigenvalue weighted by Gasteiger charge is 2.34. The number of nitrogens with one attached hydrogen (secondary N) is 2. The highest BCUT2D eigenvalue weighted by Crippen LogP contribution is 2.26. The maximum atomic E-state index is 14.7. The lowest BCUT2D eigenvalue weighted by molar-refractivity contribution is -0.134. The molecule has 1 saturated heterocycles. The average Bonchev–Trinajstić information content (AvgIpc) is 3.46. The maximum absolute atomic E-state index is 14.7. The SMILES string of the molecule is Cc1nccn1CCC(=O)N1CC[C@@H]2Oc3cc(F)cc(c3)CNC(=O)COc3cccc(c3)-c3cncc(c3)C(=O)N[C@@H]2C1. The summed E-state index contributed by atoms with van der Waals surface area (Å²) in [5, 5.41) is 5.80. The van der Waals surface area contributed by atoms with Crippen LogP contribution in [-0.2, 0) is 22.7 Å². The van der Waals surface area contributed by atoms with Gasteiger partial charge in [0.1, 0.15) is 29.2 Å². The van der Waals surface area contributed by atoms with Crippen LogP contribution < -0.4 is 20.1 Å². The third-order valence-corrected chi connectivity index (χ3v) is 7.95. The van der Waals surface area contributed by atoms with E-state index in [4.69, 9.17) is 9.47 Å². The average molecular weight is 613 g/mol. The molecule has 0 spiro atoms. The van der Waals surface area contributed by atoms with E-state index in [1.165, 1.54) is 18.3 Å². The topological polar surface area (TPSA) is 128 Å². The molecule has 2 aromatic heterocycles. The first-order valence-electron chi connectivity index (χ1n) is 14.8. The number of nitrogens with zero attached hydrogens (tertiary/aromatic N) is 4. The highest BCUT2D eigenvalue weighted by molar-refractivity contribution is 5.95. The van der Waals surface area contributed by atoms with Crippen molar-refractivity contribution in [3.8, 4) is 22.6 Å². The fraction of sp³-hybridized carbons (Fsp3) is 0.303. The molecule has 2 atom stereocenters. The number of carbonyl (C=O) groups is 3. The van der Waals surface area contributed by atoms with Crippen LogP contribution in [0.15, 0.2) is 73.3 Å². The largest absolute Gasteiger partial charge is 0.488 e. The van der Waals surface area contributed by atoms with Crippen molar-refractivity contribution in [2.45, 2.75) is 45.0 Å². The van der Waals surface area contributed by atoms with Gasteiger partial charge in [-0.05, 0) is 48.4 Å². The van der Waals surface area contributed by atoms with E-state index in [1.54, 1.807) is 47.6 Å². The molecule has 12 heteroatoms. The van der Waals surface area contributed by atoms with E-state index in [0.29, 0.717) is 42.0 Å². The number of halogens is 1. The Bertz CT molecular complexity index is 1730. The van der Waals surface area contributed by atoms with Gasteiger partial charge in [-0.25, -0.2) is 9.37 Å². The Kier molecular flexibility index (Phi) is 8.72. The van der Waals surface area contributed by atoms with Gasteiger partial charge in [-0.3, -0.25) is 19.4 Å². The second-order valence-corrected chi connectivity index (χ2v) is 11.1. The number of amides is 3. The van der Waals surface area contributed by atoms with Crippen LogP contribution in [0, 0.1) is 12.7 Å². The zero-order valence-corrected chi connectivity index (χ0v) is 24.7. The van der Waals surface area contributed by atoms with E-state index in [0.717, 1.165) is 11.4 Å². The third kappa shape index (κ3) is 7.28. The molecule has 45 heavy (non-hydrogen) atoms. The molecule has 11 nitrogen and oxygen atoms in total. The Morgan fingerprint density at radius 3 is 2.78 bits per heavy atom. The van der Waals surface area contributed by atoms with Crippen LogP contribution in [0.25, 0.3) is 11.1 Å². The number of likely N-dealkylation sites (tertiary alicyclic amines) is 1. The van der Waals surface area contributed by atoms with E-state index in [9.17, 15) is 18.8 Å². The van der Waals surface area contributed by atoms with Crippen molar-refractivity contribution in [2.24, 2.45) is 0 Å². The van der Waals surface area contributed by atoms with Gasteiger partial charge in [-0.15, -0.1) is 0 Å². The molecule has 0 saturated carbocycles. The van der Waals surface area contributed by atoms with Crippen LogP contribution in [0.4, 0.5) is 4.39 Å². The third-order valence-electron chi connectivity index (χ3n) is 7.95. The number of piperidine rings is 1. The van der Waals surface area contributed by atoms with Crippen LogP contribution in [0.1, 0.15) is 34.6 Å². The smallest absolute Gasteiger partial charge is 0.258 e. The fourth-order valence-corrected chi connectivity index (χ4v) is 5.56. The van der Waals surface area contributed by atoms with Crippen molar-refractivity contribution in [3.63, 3.8) is 0 Å². The lowest BCUT2D eigenvalue weighted by atomic mass is 10.00. The van der Waals surface area contributed by atoms with E-state index in [1.807, 2.05) is 23.8 Å². The number of hydrogen-bond donors (Lipinski definition) is 2. The van der Waals surface area contributed by atoms with E-state index < -0.39 is 18.0 Å². The van der Waals surface area contributed by atoms with Crippen LogP contribution >= 0.6 is 0 Å². The summed E-state index contributed by atoms with van der Waals surface area (Å²) in [6.07, 6.45) is 6.77. The first-order valence-corrected chi connectivity index (χ1v) is 14.8. The second-order valence-electron chi connectivity index (χ2n) is 11.1. The van der Waals surface area contributed by atoms with Crippen LogP contribution in [-0.4, -0.2) is 69.0 Å². The van der Waals surface area contributed by atoms with Crippen LogP contribution in [0.5, 0.6) is 11.5 Å². The number of rotatable bonds is 3. The van der Waals surface area contributed by atoms with Gasteiger partial charge >= 0.3 is 0 Å². The first-order chi connectivity index (χ1) is 21.8. The number of aryl methyl sites for hydroxylation is 2. The minimum Gasteiger partial charge on any atom is -0.488 e. The molecule has 232 valence electrons. The number of imidazole rings is 1. The molecule has 2 aliphatic rings. The minimum absolute atomic E-state index is 0.0548. The molecule has 2 aliphatic heterocycles. The Labute approximate surface area is 259 Å². The molecule has 2 aromatic carbocycles. The summed E-state index contributed by atoms with van der Waals surface area (Å²) in [4.78, 5) is 49.6. The van der Waals surface area contributed by atoms with Gasteiger partial charge in [0.05, 0.1) is 11.6 Å². The van der Waals surface area contributed by atoms with Gasteiger partial charge in [-0.2, -0.15) is 0 Å². The molecule has 2 N–H and O–H groups in total. The van der Waals surface area contributed by atoms with Gasteiger partial charge in [0, 0.05) is 75.4 Å². The molecule has 3 amide bonds. The van der Waals surface area contributed by atoms with Crippen LogP contribution in [0.3, 0.4) is 0 Å². The van der Waals surface area contributed by atoms with E-state index in [2.05, 4.69) is 20.6 Å². The Morgan fingerprint density at radius 1 is 1.07 bits per heavy atom. The number of hydrogen-bond acceptors (Lipinski definition) is 7. The zero-order valence-electron chi connectivity index (χ0n) is 24.7. The van der Waals surface area contributed by atoms with Crippen molar-refractivity contribution in [1.82, 2.24) is 30.1 Å². The summed E-state index contributed by atoms with van der Waals surface area (Å²) in [6, 6.07) is 12.5. The lowest BCUT2D eigenvalue weighted by Gasteiger charge is -2.39. The Balaban J connectivity index is 1.28. The van der Waals surface area contributed by atoms with Crippen molar-refractivity contribution in [3.05, 3.63) is 96.1 Å². The van der Waals surface area contributed by atoms with Crippen molar-refractivity contribution in [1.29, 1.82) is 0 Å². The van der Waals surface area contributed by atoms with Gasteiger partial charge in [0.15, 0.2) is 6.61 Å². The van der Waals surface area contributed by atoms with Gasteiger partial charge in [-0.1, -0.05) is 12.1 Å². The van der Waals surface area contributed by atoms with Gasteiger partial charge < -0.3 is 29.6 Å². The van der Waals surface area contributed by atoms with Crippen molar-refractivity contribution in [2.75, 3.05) is 19.7 Å². The highest BCUT2D eigenvalue weighted by atomic mass is 19.1. The fourth-order valence-electron chi connectivity index (χ4n) is 5.56. The molecule has 0 aliphatic carbocycles. The van der Waals surface area contributed by atoms with E-state index >= 15 is 0 Å².